The number of anilines is 2. The fourth-order valence-electron chi connectivity index (χ4n) is 1.87. The molecular formula is C16H16F3N3OS. The minimum atomic E-state index is -4.32. The summed E-state index contributed by atoms with van der Waals surface area (Å²) >= 11 is 1.40. The lowest BCUT2D eigenvalue weighted by atomic mass is 10.2. The average molecular weight is 355 g/mol. The summed E-state index contributed by atoms with van der Waals surface area (Å²) in [5, 5.41) is 4.91. The molecule has 4 nitrogen and oxygen atoms in total. The van der Waals surface area contributed by atoms with Gasteiger partial charge in [-0.15, -0.1) is 11.8 Å². The number of aromatic nitrogens is 1. The standard InChI is InChI=1S/C16H16F3N3OS/c17-16(18,19)11-21-13-5-1-2-6-14(13)22-15(23)10-24-9-12-4-3-7-20-8-12/h1-8,21H,9-11H2,(H,22,23). The highest BCUT2D eigenvalue weighted by molar-refractivity contribution is 7.99. The van der Waals surface area contributed by atoms with Crippen LogP contribution in [0.2, 0.25) is 0 Å². The number of carbonyl (C=O) groups excluding carboxylic acids is 1. The summed E-state index contributed by atoms with van der Waals surface area (Å²) in [6.45, 7) is -1.16. The van der Waals surface area contributed by atoms with Crippen LogP contribution in [0.5, 0.6) is 0 Å². The van der Waals surface area contributed by atoms with Crippen LogP contribution in [0.4, 0.5) is 24.5 Å². The average Bonchev–Trinajstić information content (AvgIpc) is 2.54. The minimum absolute atomic E-state index is 0.197. The molecule has 0 radical (unpaired) electrons. The van der Waals surface area contributed by atoms with Crippen molar-refractivity contribution in [1.29, 1.82) is 0 Å². The summed E-state index contributed by atoms with van der Waals surface area (Å²) in [6, 6.07) is 10.0. The van der Waals surface area contributed by atoms with Gasteiger partial charge in [0.1, 0.15) is 6.54 Å². The van der Waals surface area contributed by atoms with E-state index in [0.717, 1.165) is 5.56 Å². The van der Waals surface area contributed by atoms with Crippen molar-refractivity contribution in [3.05, 3.63) is 54.4 Å². The number of nitrogens with zero attached hydrogens (tertiary/aromatic N) is 1. The molecule has 0 bridgehead atoms. The van der Waals surface area contributed by atoms with Gasteiger partial charge in [-0.2, -0.15) is 13.2 Å². The molecule has 0 aliphatic rings. The Hall–Kier alpha value is -2.22. The maximum Gasteiger partial charge on any atom is 0.405 e. The number of para-hydroxylation sites is 2. The van der Waals surface area contributed by atoms with Crippen LogP contribution in [0.1, 0.15) is 5.56 Å². The van der Waals surface area contributed by atoms with Gasteiger partial charge >= 0.3 is 6.18 Å². The lowest BCUT2D eigenvalue weighted by molar-refractivity contribution is -0.115. The zero-order valence-electron chi connectivity index (χ0n) is 12.6. The van der Waals surface area contributed by atoms with Crippen LogP contribution in [0, 0.1) is 0 Å². The van der Waals surface area contributed by atoms with E-state index >= 15 is 0 Å². The zero-order valence-corrected chi connectivity index (χ0v) is 13.5. The van der Waals surface area contributed by atoms with E-state index in [0.29, 0.717) is 11.4 Å². The van der Waals surface area contributed by atoms with Crippen molar-refractivity contribution >= 4 is 29.0 Å². The lowest BCUT2D eigenvalue weighted by Gasteiger charge is -2.14. The van der Waals surface area contributed by atoms with Gasteiger partial charge in [0.15, 0.2) is 0 Å². The smallest absolute Gasteiger partial charge is 0.375 e. The van der Waals surface area contributed by atoms with Crippen molar-refractivity contribution in [3.8, 4) is 0 Å². The number of benzene rings is 1. The number of halogens is 3. The van der Waals surface area contributed by atoms with Gasteiger partial charge in [0.2, 0.25) is 5.91 Å². The molecule has 0 spiro atoms. The van der Waals surface area contributed by atoms with Crippen molar-refractivity contribution in [2.75, 3.05) is 22.9 Å². The number of nitrogens with one attached hydrogen (secondary N) is 2. The Kier molecular flexibility index (Phi) is 6.48. The maximum absolute atomic E-state index is 12.3. The third kappa shape index (κ3) is 6.49. The van der Waals surface area contributed by atoms with Gasteiger partial charge < -0.3 is 10.6 Å². The van der Waals surface area contributed by atoms with E-state index in [1.807, 2.05) is 12.1 Å². The molecule has 0 saturated heterocycles. The summed E-state index contributed by atoms with van der Waals surface area (Å²) in [4.78, 5) is 15.9. The molecular weight excluding hydrogens is 339 g/mol. The Morgan fingerprint density at radius 1 is 1.12 bits per heavy atom. The van der Waals surface area contributed by atoms with Crippen molar-refractivity contribution < 1.29 is 18.0 Å². The summed E-state index contributed by atoms with van der Waals surface area (Å²) in [5.41, 5.74) is 1.57. The Bertz CT molecular complexity index is 665. The summed E-state index contributed by atoms with van der Waals surface area (Å²) < 4.78 is 36.9. The molecule has 0 aliphatic heterocycles. The second-order valence-corrected chi connectivity index (χ2v) is 5.90. The van der Waals surface area contributed by atoms with Crippen molar-refractivity contribution in [2.24, 2.45) is 0 Å². The number of hydrogen-bond donors (Lipinski definition) is 2. The second-order valence-electron chi connectivity index (χ2n) is 4.92. The molecule has 0 atom stereocenters. The van der Waals surface area contributed by atoms with Gasteiger partial charge in [0.05, 0.1) is 17.1 Å². The topological polar surface area (TPSA) is 54.0 Å². The quantitative estimate of drug-likeness (QED) is 0.790. The molecule has 128 valence electrons. The Labute approximate surface area is 141 Å². The Morgan fingerprint density at radius 3 is 2.54 bits per heavy atom. The molecule has 1 amide bonds. The van der Waals surface area contributed by atoms with E-state index in [1.54, 1.807) is 30.6 Å². The molecule has 1 heterocycles. The van der Waals surface area contributed by atoms with Crippen molar-refractivity contribution in [2.45, 2.75) is 11.9 Å². The van der Waals surface area contributed by atoms with E-state index in [4.69, 9.17) is 0 Å². The number of hydrogen-bond acceptors (Lipinski definition) is 4. The van der Waals surface area contributed by atoms with Crippen LogP contribution >= 0.6 is 11.8 Å². The van der Waals surface area contributed by atoms with Gasteiger partial charge in [-0.3, -0.25) is 9.78 Å². The van der Waals surface area contributed by atoms with Crippen LogP contribution in [-0.2, 0) is 10.5 Å². The molecule has 2 rings (SSSR count). The van der Waals surface area contributed by atoms with E-state index < -0.39 is 12.7 Å². The maximum atomic E-state index is 12.3. The molecule has 2 aromatic rings. The lowest BCUT2D eigenvalue weighted by Crippen LogP contribution is -2.22. The summed E-state index contributed by atoms with van der Waals surface area (Å²) in [6.07, 6.45) is -0.927. The summed E-state index contributed by atoms with van der Waals surface area (Å²) in [7, 11) is 0. The Morgan fingerprint density at radius 2 is 1.88 bits per heavy atom. The second kappa shape index (κ2) is 8.58. The molecule has 24 heavy (non-hydrogen) atoms. The largest absolute Gasteiger partial charge is 0.405 e. The fraction of sp³-hybridized carbons (Fsp3) is 0.250. The van der Waals surface area contributed by atoms with Crippen LogP contribution in [-0.4, -0.2) is 29.4 Å². The van der Waals surface area contributed by atoms with Crippen molar-refractivity contribution in [1.82, 2.24) is 4.98 Å². The third-order valence-corrected chi connectivity index (χ3v) is 3.91. The summed E-state index contributed by atoms with van der Waals surface area (Å²) in [5.74, 6) is 0.558. The van der Waals surface area contributed by atoms with E-state index in [-0.39, 0.29) is 17.3 Å². The molecule has 0 fully saturated rings. The highest BCUT2D eigenvalue weighted by Gasteiger charge is 2.27. The molecule has 1 aromatic heterocycles. The highest BCUT2D eigenvalue weighted by Crippen LogP contribution is 2.24. The molecule has 1 aromatic carbocycles. The van der Waals surface area contributed by atoms with E-state index in [2.05, 4.69) is 15.6 Å². The van der Waals surface area contributed by atoms with Crippen molar-refractivity contribution in [3.63, 3.8) is 0 Å². The first kappa shape index (κ1) is 18.1. The van der Waals surface area contributed by atoms with Crippen LogP contribution in [0.3, 0.4) is 0 Å². The van der Waals surface area contributed by atoms with Gasteiger partial charge in [-0.25, -0.2) is 0 Å². The number of amides is 1. The molecule has 0 unspecified atom stereocenters. The minimum Gasteiger partial charge on any atom is -0.375 e. The predicted molar refractivity (Wildman–Crippen MR) is 90.0 cm³/mol. The number of thioether (sulfide) groups is 1. The van der Waals surface area contributed by atoms with Crippen LogP contribution < -0.4 is 10.6 Å². The fourth-order valence-corrected chi connectivity index (χ4v) is 2.64. The third-order valence-electron chi connectivity index (χ3n) is 2.91. The van der Waals surface area contributed by atoms with Gasteiger partial charge in [0, 0.05) is 18.1 Å². The molecule has 0 aliphatic carbocycles. The Balaban J connectivity index is 1.85. The first-order valence-corrected chi connectivity index (χ1v) is 8.26. The van der Waals surface area contributed by atoms with E-state index in [1.165, 1.54) is 17.8 Å². The first-order valence-electron chi connectivity index (χ1n) is 7.10. The first-order chi connectivity index (χ1) is 11.4. The number of alkyl halides is 3. The highest BCUT2D eigenvalue weighted by atomic mass is 32.2. The monoisotopic (exact) mass is 355 g/mol. The molecule has 8 heteroatoms. The van der Waals surface area contributed by atoms with Gasteiger partial charge in [0.25, 0.3) is 0 Å². The predicted octanol–water partition coefficient (Wildman–Crippen LogP) is 3.93. The van der Waals surface area contributed by atoms with Crippen LogP contribution in [0.25, 0.3) is 0 Å². The number of rotatable bonds is 7. The van der Waals surface area contributed by atoms with E-state index in [9.17, 15) is 18.0 Å². The van der Waals surface area contributed by atoms with Gasteiger partial charge in [-0.05, 0) is 23.8 Å². The molecule has 2 N–H and O–H groups in total. The number of pyridine rings is 1. The molecule has 0 saturated carbocycles. The SMILES string of the molecule is O=C(CSCc1cccnc1)Nc1ccccc1NCC(F)(F)F. The normalized spacial score (nSPS) is 11.1. The van der Waals surface area contributed by atoms with Gasteiger partial charge in [-0.1, -0.05) is 18.2 Å². The zero-order chi connectivity index (χ0) is 17.4. The van der Waals surface area contributed by atoms with Crippen LogP contribution in [0.15, 0.2) is 48.8 Å². The number of carbonyl (C=O) groups is 1.